The van der Waals surface area contributed by atoms with E-state index in [0.717, 1.165) is 6.08 Å². The van der Waals surface area contributed by atoms with Crippen molar-refractivity contribution < 1.29 is 28.2 Å². The Balaban J connectivity index is 1.94. The SMILES string of the molecule is CCOc1cc(/C=C/C(=O)OCC(=O)Nc2ccccc2F)cc(Cl)c1OC. The molecular weight excluding hydrogens is 389 g/mol. The van der Waals surface area contributed by atoms with Crippen LogP contribution >= 0.6 is 11.6 Å². The molecule has 2 rings (SSSR count). The van der Waals surface area contributed by atoms with E-state index in [1.165, 1.54) is 31.4 Å². The molecule has 148 valence electrons. The number of hydrogen-bond donors (Lipinski definition) is 1. The Hall–Kier alpha value is -3.06. The molecule has 0 unspecified atom stereocenters. The Morgan fingerprint density at radius 3 is 2.68 bits per heavy atom. The fourth-order valence-corrected chi connectivity index (χ4v) is 2.54. The number of esters is 1. The largest absolute Gasteiger partial charge is 0.491 e. The first kappa shape index (κ1) is 21.2. The normalized spacial score (nSPS) is 10.6. The molecule has 0 spiro atoms. The Morgan fingerprint density at radius 1 is 1.25 bits per heavy atom. The molecule has 0 aliphatic heterocycles. The van der Waals surface area contributed by atoms with Gasteiger partial charge in [0.05, 0.1) is 24.4 Å². The molecule has 1 N–H and O–H groups in total. The van der Waals surface area contributed by atoms with Gasteiger partial charge in [-0.3, -0.25) is 4.79 Å². The van der Waals surface area contributed by atoms with Gasteiger partial charge in [-0.15, -0.1) is 0 Å². The third kappa shape index (κ3) is 5.99. The summed E-state index contributed by atoms with van der Waals surface area (Å²) in [5.74, 6) is -1.14. The van der Waals surface area contributed by atoms with Crippen molar-refractivity contribution in [2.75, 3.05) is 25.6 Å². The lowest BCUT2D eigenvalue weighted by Crippen LogP contribution is -2.20. The fourth-order valence-electron chi connectivity index (χ4n) is 2.24. The van der Waals surface area contributed by atoms with Crippen LogP contribution in [0.2, 0.25) is 5.02 Å². The maximum atomic E-state index is 13.5. The summed E-state index contributed by atoms with van der Waals surface area (Å²) in [7, 11) is 1.48. The van der Waals surface area contributed by atoms with Crippen LogP contribution < -0.4 is 14.8 Å². The van der Waals surface area contributed by atoms with Crippen LogP contribution in [0.15, 0.2) is 42.5 Å². The van der Waals surface area contributed by atoms with E-state index in [0.29, 0.717) is 28.7 Å². The number of nitrogens with one attached hydrogen (secondary N) is 1. The van der Waals surface area contributed by atoms with Gasteiger partial charge in [0, 0.05) is 6.08 Å². The zero-order chi connectivity index (χ0) is 20.5. The highest BCUT2D eigenvalue weighted by Gasteiger charge is 2.11. The van der Waals surface area contributed by atoms with Crippen molar-refractivity contribution in [3.63, 3.8) is 0 Å². The van der Waals surface area contributed by atoms with E-state index < -0.39 is 24.3 Å². The Labute approximate surface area is 166 Å². The quantitative estimate of drug-likeness (QED) is 0.527. The number of carbonyl (C=O) groups excluding carboxylic acids is 2. The number of amides is 1. The predicted octanol–water partition coefficient (Wildman–Crippen LogP) is 4.08. The van der Waals surface area contributed by atoms with Crippen LogP contribution in [0.4, 0.5) is 10.1 Å². The van der Waals surface area contributed by atoms with E-state index in [4.69, 9.17) is 25.8 Å². The molecule has 6 nitrogen and oxygen atoms in total. The van der Waals surface area contributed by atoms with E-state index in [1.54, 1.807) is 18.2 Å². The molecule has 0 atom stereocenters. The summed E-state index contributed by atoms with van der Waals surface area (Å²) in [5.41, 5.74) is 0.595. The molecule has 0 aliphatic carbocycles. The van der Waals surface area contributed by atoms with Gasteiger partial charge in [0.1, 0.15) is 5.82 Å². The summed E-state index contributed by atoms with van der Waals surface area (Å²) in [6.45, 7) is 1.68. The summed E-state index contributed by atoms with van der Waals surface area (Å²) in [5, 5.41) is 2.64. The Bertz CT molecular complexity index is 885. The minimum atomic E-state index is -0.742. The maximum Gasteiger partial charge on any atom is 0.331 e. The first-order chi connectivity index (χ1) is 13.4. The van der Waals surface area contributed by atoms with Crippen molar-refractivity contribution in [3.05, 3.63) is 58.9 Å². The number of para-hydroxylation sites is 1. The highest BCUT2D eigenvalue weighted by molar-refractivity contribution is 6.32. The molecule has 0 radical (unpaired) electrons. The molecule has 1 amide bonds. The molecule has 2 aromatic carbocycles. The second kappa shape index (κ2) is 10.3. The van der Waals surface area contributed by atoms with E-state index in [9.17, 15) is 14.0 Å². The molecule has 0 bridgehead atoms. The molecular formula is C20H19ClFNO5. The summed E-state index contributed by atoms with van der Waals surface area (Å²) >= 11 is 6.14. The summed E-state index contributed by atoms with van der Waals surface area (Å²) < 4.78 is 29.0. The molecule has 0 heterocycles. The Morgan fingerprint density at radius 2 is 2.00 bits per heavy atom. The standard InChI is InChI=1S/C20H19ClFNO5/c1-3-27-17-11-13(10-14(21)20(17)26-2)8-9-19(25)28-12-18(24)23-16-7-5-4-6-15(16)22/h4-11H,3,12H2,1-2H3,(H,23,24)/b9-8+. The zero-order valence-electron chi connectivity index (χ0n) is 15.3. The van der Waals surface area contributed by atoms with Crippen LogP contribution in [0, 0.1) is 5.82 Å². The van der Waals surface area contributed by atoms with Gasteiger partial charge in [-0.1, -0.05) is 23.7 Å². The number of carbonyl (C=O) groups is 2. The molecule has 8 heteroatoms. The zero-order valence-corrected chi connectivity index (χ0v) is 16.1. The van der Waals surface area contributed by atoms with Crippen LogP contribution in [0.1, 0.15) is 12.5 Å². The molecule has 0 saturated carbocycles. The van der Waals surface area contributed by atoms with Gasteiger partial charge < -0.3 is 19.5 Å². The first-order valence-electron chi connectivity index (χ1n) is 8.34. The lowest BCUT2D eigenvalue weighted by atomic mass is 10.2. The van der Waals surface area contributed by atoms with E-state index >= 15 is 0 Å². The van der Waals surface area contributed by atoms with Gasteiger partial charge >= 0.3 is 5.97 Å². The number of benzene rings is 2. The van der Waals surface area contributed by atoms with Crippen molar-refractivity contribution in [2.45, 2.75) is 6.92 Å². The van der Waals surface area contributed by atoms with Gasteiger partial charge in [0.15, 0.2) is 18.1 Å². The molecule has 0 fully saturated rings. The number of anilines is 1. The van der Waals surface area contributed by atoms with Gasteiger partial charge in [0.25, 0.3) is 5.91 Å². The van der Waals surface area contributed by atoms with Crippen LogP contribution in [0.25, 0.3) is 6.08 Å². The lowest BCUT2D eigenvalue weighted by Gasteiger charge is -2.11. The van der Waals surface area contributed by atoms with Crippen LogP contribution in [0.3, 0.4) is 0 Å². The predicted molar refractivity (Wildman–Crippen MR) is 104 cm³/mol. The Kier molecular flexibility index (Phi) is 7.83. The topological polar surface area (TPSA) is 73.9 Å². The van der Waals surface area contributed by atoms with Gasteiger partial charge in [0.2, 0.25) is 0 Å². The smallest absolute Gasteiger partial charge is 0.331 e. The average molecular weight is 408 g/mol. The van der Waals surface area contributed by atoms with Crippen LogP contribution in [0.5, 0.6) is 11.5 Å². The number of ether oxygens (including phenoxy) is 3. The fraction of sp³-hybridized carbons (Fsp3) is 0.200. The number of halogens is 2. The maximum absolute atomic E-state index is 13.5. The summed E-state index contributed by atoms with van der Waals surface area (Å²) in [4.78, 5) is 23.6. The highest BCUT2D eigenvalue weighted by atomic mass is 35.5. The second-order valence-corrected chi connectivity index (χ2v) is 5.84. The van der Waals surface area contributed by atoms with E-state index in [-0.39, 0.29) is 5.69 Å². The number of methoxy groups -OCH3 is 1. The molecule has 2 aromatic rings. The van der Waals surface area contributed by atoms with Crippen molar-refractivity contribution in [1.29, 1.82) is 0 Å². The third-order valence-electron chi connectivity index (χ3n) is 3.44. The minimum Gasteiger partial charge on any atom is -0.491 e. The van der Waals surface area contributed by atoms with Crippen LogP contribution in [-0.2, 0) is 14.3 Å². The number of hydrogen-bond acceptors (Lipinski definition) is 5. The molecule has 0 aliphatic rings. The van der Waals surface area contributed by atoms with Crippen molar-refractivity contribution in [2.24, 2.45) is 0 Å². The van der Waals surface area contributed by atoms with Crippen molar-refractivity contribution in [1.82, 2.24) is 0 Å². The second-order valence-electron chi connectivity index (χ2n) is 5.44. The monoisotopic (exact) mass is 407 g/mol. The third-order valence-corrected chi connectivity index (χ3v) is 3.72. The summed E-state index contributed by atoms with van der Waals surface area (Å²) in [6.07, 6.45) is 2.61. The van der Waals surface area contributed by atoms with Crippen LogP contribution in [-0.4, -0.2) is 32.2 Å². The van der Waals surface area contributed by atoms with Gasteiger partial charge in [-0.25, -0.2) is 9.18 Å². The number of rotatable bonds is 8. The average Bonchev–Trinajstić information content (AvgIpc) is 2.67. The van der Waals surface area contributed by atoms with E-state index in [1.807, 2.05) is 6.92 Å². The molecule has 28 heavy (non-hydrogen) atoms. The molecule has 0 aromatic heterocycles. The van der Waals surface area contributed by atoms with Gasteiger partial charge in [-0.2, -0.15) is 0 Å². The minimum absolute atomic E-state index is 0.00965. The molecule has 0 saturated heterocycles. The summed E-state index contributed by atoms with van der Waals surface area (Å²) in [6, 6.07) is 8.93. The first-order valence-corrected chi connectivity index (χ1v) is 8.72. The van der Waals surface area contributed by atoms with Gasteiger partial charge in [-0.05, 0) is 42.8 Å². The highest BCUT2D eigenvalue weighted by Crippen LogP contribution is 2.36. The van der Waals surface area contributed by atoms with Crippen molar-refractivity contribution >= 4 is 35.2 Å². The van der Waals surface area contributed by atoms with E-state index in [2.05, 4.69) is 5.32 Å². The lowest BCUT2D eigenvalue weighted by molar-refractivity contribution is -0.142. The van der Waals surface area contributed by atoms with Crippen molar-refractivity contribution in [3.8, 4) is 11.5 Å².